The summed E-state index contributed by atoms with van der Waals surface area (Å²) in [5.41, 5.74) is 0.555. The minimum atomic E-state index is -0.250. The summed E-state index contributed by atoms with van der Waals surface area (Å²) in [6.07, 6.45) is 2.90. The van der Waals surface area contributed by atoms with Crippen LogP contribution in [0, 0.1) is 5.82 Å². The molecule has 0 amide bonds. The molecule has 0 bridgehead atoms. The maximum atomic E-state index is 13.8. The third-order valence-corrected chi connectivity index (χ3v) is 4.75. The number of aryl methyl sites for hydroxylation is 1. The number of hydrogen-bond acceptors (Lipinski definition) is 3. The van der Waals surface area contributed by atoms with E-state index in [0.29, 0.717) is 18.1 Å². The number of hydrogen-bond donors (Lipinski definition) is 2. The van der Waals surface area contributed by atoms with Gasteiger partial charge < -0.3 is 10.6 Å². The normalized spacial score (nSPS) is 11.1. The van der Waals surface area contributed by atoms with Crippen LogP contribution in [-0.2, 0) is 19.5 Å². The van der Waals surface area contributed by atoms with Crippen molar-refractivity contribution in [1.82, 2.24) is 15.6 Å². The van der Waals surface area contributed by atoms with Crippen molar-refractivity contribution in [2.75, 3.05) is 6.54 Å². The fourth-order valence-corrected chi connectivity index (χ4v) is 3.13. The van der Waals surface area contributed by atoms with Gasteiger partial charge >= 0.3 is 0 Å². The number of thiazole rings is 1. The lowest BCUT2D eigenvalue weighted by Crippen LogP contribution is -2.36. The Hall–Kier alpha value is -0.740. The van der Waals surface area contributed by atoms with Gasteiger partial charge in [-0.2, -0.15) is 0 Å². The van der Waals surface area contributed by atoms with Crippen LogP contribution in [0.5, 0.6) is 0 Å². The molecule has 0 unspecified atom stereocenters. The number of rotatable bonds is 6. The molecule has 0 aliphatic rings. The highest BCUT2D eigenvalue weighted by molar-refractivity contribution is 14.0. The summed E-state index contributed by atoms with van der Waals surface area (Å²) in [6.45, 7) is 5.74. The molecule has 0 saturated carbocycles. The molecule has 0 spiro atoms. The van der Waals surface area contributed by atoms with E-state index in [1.807, 2.05) is 13.1 Å². The third kappa shape index (κ3) is 6.64. The molecule has 1 aromatic carbocycles. The first kappa shape index (κ1) is 21.3. The van der Waals surface area contributed by atoms with Crippen molar-refractivity contribution < 1.29 is 4.39 Å². The summed E-state index contributed by atoms with van der Waals surface area (Å²) < 4.78 is 14.6. The topological polar surface area (TPSA) is 49.3 Å². The molecule has 132 valence electrons. The van der Waals surface area contributed by atoms with Crippen molar-refractivity contribution in [1.29, 1.82) is 0 Å². The predicted molar refractivity (Wildman–Crippen MR) is 113 cm³/mol. The summed E-state index contributed by atoms with van der Waals surface area (Å²) in [5, 5.41) is 7.41. The molecule has 0 fully saturated rings. The van der Waals surface area contributed by atoms with Gasteiger partial charge in [0.15, 0.2) is 5.96 Å². The SMILES string of the molecule is CCNC(=NCc1cc(Br)ccc1F)NCc1ncc(CC)s1.I. The summed E-state index contributed by atoms with van der Waals surface area (Å²) in [4.78, 5) is 10.1. The quantitative estimate of drug-likeness (QED) is 0.331. The number of aliphatic imine (C=N–C) groups is 1. The van der Waals surface area contributed by atoms with Crippen LogP contribution in [0.4, 0.5) is 4.39 Å². The first-order valence-corrected chi connectivity index (χ1v) is 9.13. The van der Waals surface area contributed by atoms with Crippen LogP contribution in [-0.4, -0.2) is 17.5 Å². The molecule has 0 aliphatic carbocycles. The Labute approximate surface area is 171 Å². The minimum absolute atomic E-state index is 0. The van der Waals surface area contributed by atoms with Crippen molar-refractivity contribution in [3.63, 3.8) is 0 Å². The average Bonchev–Trinajstić information content (AvgIpc) is 3.01. The first-order chi connectivity index (χ1) is 11.1. The highest BCUT2D eigenvalue weighted by Crippen LogP contribution is 2.16. The molecule has 2 N–H and O–H groups in total. The second kappa shape index (κ2) is 11.0. The highest BCUT2D eigenvalue weighted by Gasteiger charge is 2.05. The van der Waals surface area contributed by atoms with Crippen molar-refractivity contribution in [3.8, 4) is 0 Å². The summed E-state index contributed by atoms with van der Waals surface area (Å²) in [5.74, 6) is 0.403. The van der Waals surface area contributed by atoms with E-state index < -0.39 is 0 Å². The van der Waals surface area contributed by atoms with Crippen LogP contribution < -0.4 is 10.6 Å². The van der Waals surface area contributed by atoms with Gasteiger partial charge in [-0.05, 0) is 31.5 Å². The Morgan fingerprint density at radius 1 is 1.33 bits per heavy atom. The van der Waals surface area contributed by atoms with Crippen molar-refractivity contribution in [2.24, 2.45) is 4.99 Å². The van der Waals surface area contributed by atoms with Gasteiger partial charge in [0.25, 0.3) is 0 Å². The van der Waals surface area contributed by atoms with Crippen LogP contribution in [0.1, 0.15) is 29.3 Å². The average molecular weight is 527 g/mol. The summed E-state index contributed by atoms with van der Waals surface area (Å²) in [7, 11) is 0. The number of halogens is 3. The molecule has 0 aliphatic heterocycles. The Morgan fingerprint density at radius 3 is 2.79 bits per heavy atom. The van der Waals surface area contributed by atoms with Crippen molar-refractivity contribution >= 4 is 57.2 Å². The monoisotopic (exact) mass is 526 g/mol. The van der Waals surface area contributed by atoms with Crippen LogP contribution in [0.15, 0.2) is 33.9 Å². The molecule has 0 radical (unpaired) electrons. The molecular weight excluding hydrogens is 506 g/mol. The van der Waals surface area contributed by atoms with Crippen LogP contribution in [0.2, 0.25) is 0 Å². The predicted octanol–water partition coefficient (Wildman–Crippen LogP) is 4.48. The largest absolute Gasteiger partial charge is 0.357 e. The van der Waals surface area contributed by atoms with E-state index in [1.165, 1.54) is 10.9 Å². The molecule has 24 heavy (non-hydrogen) atoms. The van der Waals surface area contributed by atoms with Crippen LogP contribution in [0.3, 0.4) is 0 Å². The Bertz CT molecular complexity index is 678. The zero-order chi connectivity index (χ0) is 16.7. The molecule has 8 heteroatoms. The van der Waals surface area contributed by atoms with Gasteiger partial charge in [0.2, 0.25) is 0 Å². The summed E-state index contributed by atoms with van der Waals surface area (Å²) >= 11 is 5.04. The standard InChI is InChI=1S/C16H20BrFN4S.HI/c1-3-13-9-20-15(23-13)10-22-16(19-4-2)21-8-11-7-12(17)5-6-14(11)18;/h5-7,9H,3-4,8,10H2,1-2H3,(H2,19,21,22);1H. The van der Waals surface area contributed by atoms with E-state index in [9.17, 15) is 4.39 Å². The summed E-state index contributed by atoms with van der Waals surface area (Å²) in [6, 6.07) is 4.87. The first-order valence-electron chi connectivity index (χ1n) is 7.52. The molecule has 2 rings (SSSR count). The van der Waals surface area contributed by atoms with Crippen LogP contribution in [0.25, 0.3) is 0 Å². The lowest BCUT2D eigenvalue weighted by atomic mass is 10.2. The molecule has 2 aromatic rings. The molecule has 1 aromatic heterocycles. The van der Waals surface area contributed by atoms with Crippen molar-refractivity contribution in [3.05, 3.63) is 50.1 Å². The van der Waals surface area contributed by atoms with E-state index in [4.69, 9.17) is 0 Å². The second-order valence-corrected chi connectivity index (χ2v) is 6.97. The maximum Gasteiger partial charge on any atom is 0.191 e. The molecule has 1 heterocycles. The number of nitrogens with zero attached hydrogens (tertiary/aromatic N) is 2. The molecular formula is C16H21BrFIN4S. The smallest absolute Gasteiger partial charge is 0.191 e. The van der Waals surface area contributed by atoms with Gasteiger partial charge in [-0.1, -0.05) is 22.9 Å². The Kier molecular flexibility index (Phi) is 9.75. The number of guanidine groups is 1. The third-order valence-electron chi connectivity index (χ3n) is 3.12. The van der Waals surface area contributed by atoms with E-state index in [-0.39, 0.29) is 36.3 Å². The number of aromatic nitrogens is 1. The molecule has 0 atom stereocenters. The van der Waals surface area contributed by atoms with Gasteiger partial charge in [-0.15, -0.1) is 35.3 Å². The fourth-order valence-electron chi connectivity index (χ4n) is 1.92. The Morgan fingerprint density at radius 2 is 2.12 bits per heavy atom. The lowest BCUT2D eigenvalue weighted by Gasteiger charge is -2.10. The number of benzene rings is 1. The molecule has 0 saturated heterocycles. The van der Waals surface area contributed by atoms with E-state index in [1.54, 1.807) is 23.5 Å². The van der Waals surface area contributed by atoms with E-state index >= 15 is 0 Å². The fraction of sp³-hybridized carbons (Fsp3) is 0.375. The highest BCUT2D eigenvalue weighted by atomic mass is 127. The van der Waals surface area contributed by atoms with E-state index in [0.717, 1.165) is 22.4 Å². The minimum Gasteiger partial charge on any atom is -0.357 e. The maximum absolute atomic E-state index is 13.8. The zero-order valence-electron chi connectivity index (χ0n) is 13.6. The molecule has 4 nitrogen and oxygen atoms in total. The lowest BCUT2D eigenvalue weighted by molar-refractivity contribution is 0.610. The van der Waals surface area contributed by atoms with Gasteiger partial charge in [-0.25, -0.2) is 14.4 Å². The van der Waals surface area contributed by atoms with Gasteiger partial charge in [0, 0.05) is 27.7 Å². The van der Waals surface area contributed by atoms with Crippen LogP contribution >= 0.6 is 51.2 Å². The second-order valence-electron chi connectivity index (χ2n) is 4.86. The van der Waals surface area contributed by atoms with Crippen molar-refractivity contribution in [2.45, 2.75) is 33.4 Å². The van der Waals surface area contributed by atoms with Gasteiger partial charge in [0.05, 0.1) is 13.1 Å². The zero-order valence-corrected chi connectivity index (χ0v) is 18.3. The number of nitrogens with one attached hydrogen (secondary N) is 2. The van der Waals surface area contributed by atoms with E-state index in [2.05, 4.69) is 43.5 Å². The van der Waals surface area contributed by atoms with Gasteiger partial charge in [-0.3, -0.25) is 0 Å². The van der Waals surface area contributed by atoms with Gasteiger partial charge in [0.1, 0.15) is 10.8 Å². The Balaban J connectivity index is 0.00000288.